The molecule has 0 heterocycles. The van der Waals surface area contributed by atoms with Gasteiger partial charge < -0.3 is 5.32 Å². The first-order valence-corrected chi connectivity index (χ1v) is 8.30. The van der Waals surface area contributed by atoms with Crippen LogP contribution >= 0.6 is 0 Å². The van der Waals surface area contributed by atoms with Gasteiger partial charge in [-0.25, -0.2) is 5.43 Å². The number of nitrogens with zero attached hydrogens (tertiary/aromatic N) is 1. The topological polar surface area (TPSA) is 70.6 Å². The summed E-state index contributed by atoms with van der Waals surface area (Å²) in [5.41, 5.74) is 4.69. The van der Waals surface area contributed by atoms with Crippen LogP contribution in [0, 0.1) is 0 Å². The predicted octanol–water partition coefficient (Wildman–Crippen LogP) is 4.11. The number of hydrogen-bond donors (Lipinski definition) is 2. The van der Waals surface area contributed by atoms with E-state index in [0.717, 1.165) is 37.8 Å². The van der Waals surface area contributed by atoms with E-state index in [0.29, 0.717) is 17.7 Å². The summed E-state index contributed by atoms with van der Waals surface area (Å²) >= 11 is 0. The van der Waals surface area contributed by atoms with Crippen LogP contribution in [0.3, 0.4) is 0 Å². The van der Waals surface area contributed by atoms with E-state index in [1.807, 2.05) is 13.8 Å². The Bertz CT molecular complexity index is 536. The molecule has 0 radical (unpaired) electrons. The minimum absolute atomic E-state index is 0.000186. The van der Waals surface area contributed by atoms with Crippen LogP contribution in [0.5, 0.6) is 0 Å². The highest BCUT2D eigenvalue weighted by Gasteiger charge is 2.06. The smallest absolute Gasteiger partial charge is 0.271 e. The number of hydrogen-bond acceptors (Lipinski definition) is 3. The molecule has 2 amide bonds. The molecule has 5 heteroatoms. The molecule has 0 spiro atoms. The Morgan fingerprint density at radius 1 is 1.00 bits per heavy atom. The third-order valence-corrected chi connectivity index (χ3v) is 3.43. The third kappa shape index (κ3) is 7.58. The number of unbranched alkanes of at least 4 members (excludes halogenated alkanes) is 2. The fraction of sp³-hybridized carbons (Fsp3) is 0.500. The highest BCUT2D eigenvalue weighted by molar-refractivity contribution is 5.96. The second-order valence-electron chi connectivity index (χ2n) is 5.62. The molecule has 1 aromatic carbocycles. The Kier molecular flexibility index (Phi) is 8.65. The summed E-state index contributed by atoms with van der Waals surface area (Å²) in [5, 5.41) is 6.91. The van der Waals surface area contributed by atoms with E-state index in [1.54, 1.807) is 24.3 Å². The molecule has 0 fully saturated rings. The molecule has 0 atom stereocenters. The lowest BCUT2D eigenvalue weighted by Gasteiger charge is -2.06. The van der Waals surface area contributed by atoms with Crippen molar-refractivity contribution < 1.29 is 9.59 Å². The zero-order valence-corrected chi connectivity index (χ0v) is 14.3. The Balaban J connectivity index is 2.52. The largest absolute Gasteiger partial charge is 0.326 e. The number of rotatable bonds is 9. The molecule has 0 aromatic heterocycles. The maximum Gasteiger partial charge on any atom is 0.271 e. The van der Waals surface area contributed by atoms with E-state index < -0.39 is 0 Å². The van der Waals surface area contributed by atoms with E-state index in [4.69, 9.17) is 0 Å². The second kappa shape index (κ2) is 10.5. The summed E-state index contributed by atoms with van der Waals surface area (Å²) in [4.78, 5) is 23.6. The Hall–Kier alpha value is -2.17. The highest BCUT2D eigenvalue weighted by atomic mass is 16.2. The van der Waals surface area contributed by atoms with Crippen LogP contribution in [0.2, 0.25) is 0 Å². The van der Waals surface area contributed by atoms with Crippen LogP contribution < -0.4 is 10.7 Å². The van der Waals surface area contributed by atoms with Crippen molar-refractivity contribution in [1.29, 1.82) is 0 Å². The van der Waals surface area contributed by atoms with Gasteiger partial charge in [0.25, 0.3) is 5.91 Å². The Labute approximate surface area is 138 Å². The van der Waals surface area contributed by atoms with Crippen molar-refractivity contribution in [2.24, 2.45) is 5.10 Å². The molecule has 0 aliphatic heterocycles. The molecule has 0 saturated carbocycles. The van der Waals surface area contributed by atoms with Gasteiger partial charge in [-0.3, -0.25) is 9.59 Å². The monoisotopic (exact) mass is 317 g/mol. The zero-order valence-electron chi connectivity index (χ0n) is 14.3. The number of nitrogens with one attached hydrogen (secondary N) is 2. The van der Waals surface area contributed by atoms with Gasteiger partial charge in [0.05, 0.1) is 0 Å². The fourth-order valence-electron chi connectivity index (χ4n) is 1.97. The van der Waals surface area contributed by atoms with Crippen molar-refractivity contribution in [2.75, 3.05) is 5.32 Å². The highest BCUT2D eigenvalue weighted by Crippen LogP contribution is 2.10. The SMILES string of the molecule is CCCCC(=O)Nc1ccc(C(=O)N/N=C(\C)CCCC)cc1. The van der Waals surface area contributed by atoms with Crippen molar-refractivity contribution in [3.63, 3.8) is 0 Å². The lowest BCUT2D eigenvalue weighted by Crippen LogP contribution is -2.19. The molecule has 0 aliphatic carbocycles. The van der Waals surface area contributed by atoms with Gasteiger partial charge in [0, 0.05) is 23.4 Å². The molecular formula is C18H27N3O2. The molecule has 1 aromatic rings. The lowest BCUT2D eigenvalue weighted by atomic mass is 10.2. The number of benzene rings is 1. The number of hydrazone groups is 1. The Morgan fingerprint density at radius 3 is 2.22 bits per heavy atom. The van der Waals surface area contributed by atoms with Crippen LogP contribution in [-0.4, -0.2) is 17.5 Å². The van der Waals surface area contributed by atoms with Gasteiger partial charge in [0.2, 0.25) is 5.91 Å². The first kappa shape index (κ1) is 18.9. The van der Waals surface area contributed by atoms with Crippen molar-refractivity contribution in [3.8, 4) is 0 Å². The normalized spacial score (nSPS) is 11.2. The zero-order chi connectivity index (χ0) is 17.1. The average Bonchev–Trinajstić information content (AvgIpc) is 2.56. The maximum absolute atomic E-state index is 12.0. The molecular weight excluding hydrogens is 290 g/mol. The minimum atomic E-state index is -0.246. The van der Waals surface area contributed by atoms with Crippen molar-refractivity contribution in [3.05, 3.63) is 29.8 Å². The quantitative estimate of drug-likeness (QED) is 0.531. The van der Waals surface area contributed by atoms with Crippen LogP contribution in [0.1, 0.15) is 69.7 Å². The first-order valence-electron chi connectivity index (χ1n) is 8.30. The third-order valence-electron chi connectivity index (χ3n) is 3.43. The van der Waals surface area contributed by atoms with Crippen molar-refractivity contribution in [1.82, 2.24) is 5.43 Å². The van der Waals surface area contributed by atoms with Crippen molar-refractivity contribution in [2.45, 2.75) is 59.3 Å². The number of amides is 2. The van der Waals surface area contributed by atoms with E-state index >= 15 is 0 Å². The van der Waals surface area contributed by atoms with Crippen LogP contribution in [0.25, 0.3) is 0 Å². The lowest BCUT2D eigenvalue weighted by molar-refractivity contribution is -0.116. The standard InChI is InChI=1S/C18H27N3O2/c1-4-6-8-14(3)20-21-18(23)15-10-12-16(13-11-15)19-17(22)9-7-5-2/h10-13H,4-9H2,1-3H3,(H,19,22)(H,21,23)/b20-14+. The molecule has 0 unspecified atom stereocenters. The van der Waals surface area contributed by atoms with Gasteiger partial charge in [0.1, 0.15) is 0 Å². The van der Waals surface area contributed by atoms with Gasteiger partial charge in [0.15, 0.2) is 0 Å². The maximum atomic E-state index is 12.0. The van der Waals surface area contributed by atoms with Crippen LogP contribution in [0.15, 0.2) is 29.4 Å². The van der Waals surface area contributed by atoms with Gasteiger partial charge in [-0.15, -0.1) is 0 Å². The molecule has 0 bridgehead atoms. The summed E-state index contributed by atoms with van der Waals surface area (Å²) in [6.07, 6.45) is 5.44. The summed E-state index contributed by atoms with van der Waals surface area (Å²) in [7, 11) is 0. The number of carbonyl (C=O) groups excluding carboxylic acids is 2. The molecule has 126 valence electrons. The van der Waals surface area contributed by atoms with E-state index in [1.165, 1.54) is 0 Å². The summed E-state index contributed by atoms with van der Waals surface area (Å²) < 4.78 is 0. The molecule has 1 rings (SSSR count). The van der Waals surface area contributed by atoms with Crippen LogP contribution in [0.4, 0.5) is 5.69 Å². The Morgan fingerprint density at radius 2 is 1.61 bits per heavy atom. The molecule has 23 heavy (non-hydrogen) atoms. The van der Waals surface area contributed by atoms with Gasteiger partial charge in [-0.2, -0.15) is 5.10 Å². The average molecular weight is 317 g/mol. The molecule has 5 nitrogen and oxygen atoms in total. The molecule has 0 saturated heterocycles. The summed E-state index contributed by atoms with van der Waals surface area (Å²) in [5.74, 6) is -0.245. The number of anilines is 1. The van der Waals surface area contributed by atoms with E-state index in [2.05, 4.69) is 22.8 Å². The summed E-state index contributed by atoms with van der Waals surface area (Å²) in [6.45, 7) is 6.08. The minimum Gasteiger partial charge on any atom is -0.326 e. The molecule has 0 aliphatic rings. The van der Waals surface area contributed by atoms with Crippen molar-refractivity contribution >= 4 is 23.2 Å². The van der Waals surface area contributed by atoms with E-state index in [9.17, 15) is 9.59 Å². The number of carbonyl (C=O) groups is 2. The first-order chi connectivity index (χ1) is 11.1. The van der Waals surface area contributed by atoms with Crippen LogP contribution in [-0.2, 0) is 4.79 Å². The van der Waals surface area contributed by atoms with Gasteiger partial charge in [-0.1, -0.05) is 26.7 Å². The predicted molar refractivity (Wildman–Crippen MR) is 94.7 cm³/mol. The fourth-order valence-corrected chi connectivity index (χ4v) is 1.97. The van der Waals surface area contributed by atoms with Gasteiger partial charge in [-0.05, 0) is 50.5 Å². The molecule has 2 N–H and O–H groups in total. The van der Waals surface area contributed by atoms with E-state index in [-0.39, 0.29) is 11.8 Å². The second-order valence-corrected chi connectivity index (χ2v) is 5.62. The summed E-state index contributed by atoms with van der Waals surface area (Å²) in [6, 6.07) is 6.82. The van der Waals surface area contributed by atoms with Gasteiger partial charge >= 0.3 is 0 Å².